The number of nitrogens with zero attached hydrogens (tertiary/aromatic N) is 1. The normalized spacial score (nSPS) is 19.4. The van der Waals surface area contributed by atoms with Crippen LogP contribution in [0.3, 0.4) is 0 Å². The molecule has 0 heterocycles. The van der Waals surface area contributed by atoms with Crippen LogP contribution in [0.15, 0.2) is 4.99 Å². The van der Waals surface area contributed by atoms with E-state index in [9.17, 15) is 0 Å². The lowest BCUT2D eigenvalue weighted by molar-refractivity contribution is 0.195. The molecule has 100 valence electrons. The molecule has 0 unspecified atom stereocenters. The molecule has 0 bridgehead atoms. The zero-order chi connectivity index (χ0) is 12.6. The third-order valence-corrected chi connectivity index (χ3v) is 3.38. The Hall–Kier alpha value is -0.810. The van der Waals surface area contributed by atoms with Crippen LogP contribution in [0.25, 0.3) is 0 Å². The summed E-state index contributed by atoms with van der Waals surface area (Å²) in [5.41, 5.74) is 2.99. The van der Waals surface area contributed by atoms with E-state index in [1.54, 1.807) is 7.11 Å². The van der Waals surface area contributed by atoms with Crippen LogP contribution in [0, 0.1) is 5.41 Å². The number of methoxy groups -OCH3 is 1. The van der Waals surface area contributed by atoms with Crippen LogP contribution < -0.4 is 16.6 Å². The monoisotopic (exact) mass is 242 g/mol. The quantitative estimate of drug-likeness (QED) is 0.214. The molecule has 0 amide bonds. The molecule has 5 nitrogen and oxygen atoms in total. The Morgan fingerprint density at radius 1 is 1.41 bits per heavy atom. The van der Waals surface area contributed by atoms with E-state index >= 15 is 0 Å². The smallest absolute Gasteiger partial charge is 0.205 e. The van der Waals surface area contributed by atoms with E-state index < -0.39 is 0 Å². The van der Waals surface area contributed by atoms with Crippen molar-refractivity contribution in [1.29, 1.82) is 0 Å². The number of hydrazine groups is 1. The molecule has 1 aliphatic rings. The van der Waals surface area contributed by atoms with Crippen molar-refractivity contribution in [3.8, 4) is 0 Å². The Morgan fingerprint density at radius 3 is 2.71 bits per heavy atom. The SMILES string of the molecule is COCCCNC(=NCC1(C)CCCC1)NN. The molecule has 1 aliphatic carbocycles. The number of aliphatic imine (C=N–C) groups is 1. The van der Waals surface area contributed by atoms with Crippen molar-refractivity contribution < 1.29 is 4.74 Å². The highest BCUT2D eigenvalue weighted by Gasteiger charge is 2.28. The van der Waals surface area contributed by atoms with Crippen molar-refractivity contribution in [1.82, 2.24) is 10.7 Å². The summed E-state index contributed by atoms with van der Waals surface area (Å²) >= 11 is 0. The highest BCUT2D eigenvalue weighted by molar-refractivity contribution is 5.79. The molecule has 0 aromatic heterocycles. The third kappa shape index (κ3) is 5.37. The summed E-state index contributed by atoms with van der Waals surface area (Å²) in [6, 6.07) is 0. The van der Waals surface area contributed by atoms with Crippen LogP contribution in [0.4, 0.5) is 0 Å². The summed E-state index contributed by atoms with van der Waals surface area (Å²) in [5, 5.41) is 3.18. The molecule has 1 rings (SSSR count). The predicted octanol–water partition coefficient (Wildman–Crippen LogP) is 1.01. The topological polar surface area (TPSA) is 71.7 Å². The first-order valence-corrected chi connectivity index (χ1v) is 6.44. The first-order valence-electron chi connectivity index (χ1n) is 6.44. The summed E-state index contributed by atoms with van der Waals surface area (Å²) in [6.45, 7) is 4.74. The number of hydrogen-bond donors (Lipinski definition) is 3. The van der Waals surface area contributed by atoms with E-state index in [1.807, 2.05) is 0 Å². The standard InChI is InChI=1S/C12H26N4O/c1-12(6-3-4-7-12)10-15-11(16-13)14-8-5-9-17-2/h3-10,13H2,1-2H3,(H2,14,15,16). The minimum Gasteiger partial charge on any atom is -0.385 e. The van der Waals surface area contributed by atoms with E-state index in [-0.39, 0.29) is 0 Å². The van der Waals surface area contributed by atoms with E-state index in [4.69, 9.17) is 10.6 Å². The van der Waals surface area contributed by atoms with Gasteiger partial charge in [-0.15, -0.1) is 0 Å². The van der Waals surface area contributed by atoms with E-state index in [0.29, 0.717) is 11.4 Å². The van der Waals surface area contributed by atoms with Crippen molar-refractivity contribution in [2.24, 2.45) is 16.3 Å². The summed E-state index contributed by atoms with van der Waals surface area (Å²) in [6.07, 6.45) is 6.17. The fourth-order valence-electron chi connectivity index (χ4n) is 2.23. The van der Waals surface area contributed by atoms with Gasteiger partial charge in [-0.25, -0.2) is 5.84 Å². The number of rotatable bonds is 6. The summed E-state index contributed by atoms with van der Waals surface area (Å²) < 4.78 is 4.98. The van der Waals surface area contributed by atoms with Crippen LogP contribution in [-0.2, 0) is 4.74 Å². The van der Waals surface area contributed by atoms with Gasteiger partial charge in [-0.1, -0.05) is 19.8 Å². The predicted molar refractivity (Wildman–Crippen MR) is 70.7 cm³/mol. The van der Waals surface area contributed by atoms with E-state index in [0.717, 1.165) is 26.1 Å². The molecular formula is C12H26N4O. The first kappa shape index (κ1) is 14.3. The maximum atomic E-state index is 5.44. The first-order chi connectivity index (χ1) is 8.20. The molecule has 17 heavy (non-hydrogen) atoms. The number of ether oxygens (including phenoxy) is 1. The van der Waals surface area contributed by atoms with Gasteiger partial charge >= 0.3 is 0 Å². The van der Waals surface area contributed by atoms with Crippen LogP contribution in [0.1, 0.15) is 39.0 Å². The minimum atomic E-state index is 0.371. The zero-order valence-electron chi connectivity index (χ0n) is 11.1. The van der Waals surface area contributed by atoms with Gasteiger partial charge in [0, 0.05) is 26.8 Å². The van der Waals surface area contributed by atoms with Gasteiger partial charge in [0.1, 0.15) is 0 Å². The van der Waals surface area contributed by atoms with Crippen molar-refractivity contribution in [2.75, 3.05) is 26.8 Å². The summed E-state index contributed by atoms with van der Waals surface area (Å²) in [4.78, 5) is 4.52. The number of nitrogens with two attached hydrogens (primary N) is 1. The van der Waals surface area contributed by atoms with Crippen LogP contribution in [0.5, 0.6) is 0 Å². The van der Waals surface area contributed by atoms with Crippen molar-refractivity contribution >= 4 is 5.96 Å². The van der Waals surface area contributed by atoms with Gasteiger partial charge in [0.2, 0.25) is 5.96 Å². The number of hydrogen-bond acceptors (Lipinski definition) is 3. The Balaban J connectivity index is 2.28. The van der Waals surface area contributed by atoms with Gasteiger partial charge < -0.3 is 10.1 Å². The van der Waals surface area contributed by atoms with Crippen molar-refractivity contribution in [2.45, 2.75) is 39.0 Å². The fraction of sp³-hybridized carbons (Fsp3) is 0.917. The van der Waals surface area contributed by atoms with E-state index in [1.165, 1.54) is 25.7 Å². The van der Waals surface area contributed by atoms with Crippen LogP contribution in [-0.4, -0.2) is 32.8 Å². The molecule has 0 aromatic rings. The third-order valence-electron chi connectivity index (χ3n) is 3.38. The molecule has 0 saturated heterocycles. The van der Waals surface area contributed by atoms with E-state index in [2.05, 4.69) is 22.7 Å². The lowest BCUT2D eigenvalue weighted by Crippen LogP contribution is -2.42. The Morgan fingerprint density at radius 2 is 2.12 bits per heavy atom. The van der Waals surface area contributed by atoms with Gasteiger partial charge in [-0.3, -0.25) is 10.4 Å². The number of nitrogens with one attached hydrogen (secondary N) is 2. The maximum Gasteiger partial charge on any atom is 0.205 e. The summed E-state index contributed by atoms with van der Waals surface area (Å²) in [7, 11) is 1.71. The Labute approximate surface area is 104 Å². The molecule has 1 fully saturated rings. The highest BCUT2D eigenvalue weighted by Crippen LogP contribution is 2.37. The van der Waals surface area contributed by atoms with Gasteiger partial charge in [-0.05, 0) is 24.7 Å². The fourth-order valence-corrected chi connectivity index (χ4v) is 2.23. The average molecular weight is 242 g/mol. The van der Waals surface area contributed by atoms with Crippen molar-refractivity contribution in [3.63, 3.8) is 0 Å². The minimum absolute atomic E-state index is 0.371. The van der Waals surface area contributed by atoms with Gasteiger partial charge in [0.15, 0.2) is 0 Å². The molecule has 0 atom stereocenters. The van der Waals surface area contributed by atoms with Gasteiger partial charge in [0.25, 0.3) is 0 Å². The molecule has 4 N–H and O–H groups in total. The molecule has 0 aromatic carbocycles. The maximum absolute atomic E-state index is 5.44. The van der Waals surface area contributed by atoms with Crippen LogP contribution in [0.2, 0.25) is 0 Å². The highest BCUT2D eigenvalue weighted by atomic mass is 16.5. The molecule has 0 radical (unpaired) electrons. The molecule has 0 spiro atoms. The van der Waals surface area contributed by atoms with Gasteiger partial charge in [-0.2, -0.15) is 0 Å². The molecule has 1 saturated carbocycles. The lowest BCUT2D eigenvalue weighted by atomic mass is 9.89. The second-order valence-corrected chi connectivity index (χ2v) is 5.10. The van der Waals surface area contributed by atoms with Gasteiger partial charge in [0.05, 0.1) is 0 Å². The molecule has 0 aliphatic heterocycles. The van der Waals surface area contributed by atoms with Crippen molar-refractivity contribution in [3.05, 3.63) is 0 Å². The average Bonchev–Trinajstić information content (AvgIpc) is 2.76. The Kier molecular flexibility index (Phi) is 6.29. The zero-order valence-corrected chi connectivity index (χ0v) is 11.1. The molecule has 5 heteroatoms. The second kappa shape index (κ2) is 7.50. The number of guanidine groups is 1. The summed E-state index contributed by atoms with van der Waals surface area (Å²) in [5.74, 6) is 6.13. The largest absolute Gasteiger partial charge is 0.385 e. The second-order valence-electron chi connectivity index (χ2n) is 5.10. The lowest BCUT2D eigenvalue weighted by Gasteiger charge is -2.21. The van der Waals surface area contributed by atoms with Crippen LogP contribution >= 0.6 is 0 Å². The molecular weight excluding hydrogens is 216 g/mol. The Bertz CT molecular complexity index is 237.